The second-order valence-corrected chi connectivity index (χ2v) is 22.6. The van der Waals surface area contributed by atoms with Crippen LogP contribution in [0.15, 0.2) is 54.7 Å². The number of hydrogen-bond acceptors (Lipinski definition) is 12. The van der Waals surface area contributed by atoms with Gasteiger partial charge in [0.15, 0.2) is 10.8 Å². The molecule has 3 aromatic heterocycles. The number of thiazole rings is 1. The molecule has 0 saturated heterocycles. The van der Waals surface area contributed by atoms with Crippen LogP contribution in [0, 0.1) is 23.2 Å². The number of pyridine rings is 1. The number of hydrogen-bond donors (Lipinski definition) is 5. The van der Waals surface area contributed by atoms with E-state index in [1.165, 1.54) is 11.3 Å². The average Bonchev–Trinajstić information content (AvgIpc) is 3.81. The summed E-state index contributed by atoms with van der Waals surface area (Å²) in [6.45, 7) is 10.5. The third kappa shape index (κ3) is 9.59. The summed E-state index contributed by atoms with van der Waals surface area (Å²) in [5, 5.41) is 25.5. The molecule has 2 aromatic carbocycles. The minimum absolute atomic E-state index is 0.0444. The number of para-hydroxylation sites is 1. The maximum Gasteiger partial charge on any atom is 0.355 e. The molecule has 5 aromatic rings. The van der Waals surface area contributed by atoms with Gasteiger partial charge in [-0.1, -0.05) is 43.4 Å². The molecule has 5 N–H and O–H groups in total. The Morgan fingerprint density at radius 2 is 1.74 bits per heavy atom. The van der Waals surface area contributed by atoms with E-state index in [0.717, 1.165) is 96.1 Å². The number of carbonyl (C=O) groups is 2. The molecule has 0 radical (unpaired) electrons. The molecule has 4 aliphatic carbocycles. The van der Waals surface area contributed by atoms with Gasteiger partial charge in [-0.25, -0.2) is 14.8 Å². The molecule has 10 rings (SSSR count). The van der Waals surface area contributed by atoms with E-state index in [-0.39, 0.29) is 45.7 Å². The van der Waals surface area contributed by atoms with E-state index in [1.54, 1.807) is 6.20 Å². The van der Waals surface area contributed by atoms with Crippen LogP contribution in [0.4, 0.5) is 10.9 Å². The van der Waals surface area contributed by atoms with Crippen molar-refractivity contribution >= 4 is 54.5 Å². The van der Waals surface area contributed by atoms with E-state index in [4.69, 9.17) is 19.4 Å². The molecular formula is C48H60N8O7S2. The monoisotopic (exact) mass is 924 g/mol. The van der Waals surface area contributed by atoms with Gasteiger partial charge in [-0.15, -0.1) is 0 Å². The van der Waals surface area contributed by atoms with Gasteiger partial charge >= 0.3 is 5.97 Å². The van der Waals surface area contributed by atoms with Crippen molar-refractivity contribution < 1.29 is 32.4 Å². The topological polar surface area (TPSA) is 201 Å². The molecule has 5 aliphatic rings. The zero-order valence-electron chi connectivity index (χ0n) is 37.7. The fourth-order valence-corrected chi connectivity index (χ4v) is 14.1. The largest absolute Gasteiger partial charge is 0.476 e. The first-order valence-electron chi connectivity index (χ1n) is 22.7. The number of aromatic nitrogens is 4. The number of aromatic carboxylic acids is 1. The highest BCUT2D eigenvalue weighted by atomic mass is 32.2. The minimum Gasteiger partial charge on any atom is -0.476 e. The average molecular weight is 925 g/mol. The maximum atomic E-state index is 14.1. The summed E-state index contributed by atoms with van der Waals surface area (Å²) in [7, 11) is -2.09. The van der Waals surface area contributed by atoms with Crippen molar-refractivity contribution in [3.8, 4) is 11.1 Å². The third-order valence-electron chi connectivity index (χ3n) is 14.2. The van der Waals surface area contributed by atoms with Gasteiger partial charge in [0.05, 0.1) is 34.4 Å². The molecule has 0 spiro atoms. The third-order valence-corrected chi connectivity index (χ3v) is 15.9. The highest BCUT2D eigenvalue weighted by Gasteiger charge is 2.66. The number of carboxylic acids is 1. The van der Waals surface area contributed by atoms with Gasteiger partial charge < -0.3 is 25.4 Å². The van der Waals surface area contributed by atoms with Gasteiger partial charge in [-0.2, -0.15) is 13.5 Å². The molecule has 17 heteroatoms. The lowest BCUT2D eigenvalue weighted by atomic mass is 9.39. The van der Waals surface area contributed by atoms with Crippen LogP contribution in [-0.4, -0.2) is 101 Å². The summed E-state index contributed by atoms with van der Waals surface area (Å²) in [4.78, 5) is 38.7. The number of aryl methyl sites for hydroxylation is 1. The fourth-order valence-electron chi connectivity index (χ4n) is 12.8. The number of fused-ring (bicyclic) bond motifs is 2. The predicted octanol–water partition coefficient (Wildman–Crippen LogP) is 7.14. The Labute approximate surface area is 384 Å². The molecule has 1 amide bonds. The van der Waals surface area contributed by atoms with Gasteiger partial charge in [-0.3, -0.25) is 19.3 Å². The first-order valence-corrected chi connectivity index (χ1v) is 25.2. The van der Waals surface area contributed by atoms with Crippen LogP contribution in [0.3, 0.4) is 0 Å². The molecule has 4 fully saturated rings. The van der Waals surface area contributed by atoms with Crippen molar-refractivity contribution in [1.29, 1.82) is 0 Å². The number of carboxylic acid groups (broad SMARTS) is 1. The zero-order chi connectivity index (χ0) is 45.8. The molecule has 4 heterocycles. The molecule has 15 nitrogen and oxygen atoms in total. The number of carbonyl (C=O) groups excluding carboxylic acids is 1. The number of nitrogens with zero attached hydrogens (tertiary/aromatic N) is 5. The summed E-state index contributed by atoms with van der Waals surface area (Å²) in [5.41, 5.74) is 6.47. The number of ether oxygens (including phenoxy) is 1. The van der Waals surface area contributed by atoms with Crippen molar-refractivity contribution in [3.63, 3.8) is 0 Å². The van der Waals surface area contributed by atoms with Crippen LogP contribution in [0.2, 0.25) is 0 Å². The Morgan fingerprint density at radius 3 is 2.48 bits per heavy atom. The summed E-state index contributed by atoms with van der Waals surface area (Å²) in [5.74, 6) is -1.14. The van der Waals surface area contributed by atoms with E-state index in [2.05, 4.69) is 50.4 Å². The molecule has 65 heavy (non-hydrogen) atoms. The summed E-state index contributed by atoms with van der Waals surface area (Å²) in [6.07, 6.45) is 10.3. The second kappa shape index (κ2) is 17.5. The lowest BCUT2D eigenvalue weighted by Gasteiger charge is -2.69. The van der Waals surface area contributed by atoms with Crippen LogP contribution >= 0.6 is 11.3 Å². The molecular weight excluding hydrogens is 865 g/mol. The van der Waals surface area contributed by atoms with E-state index < -0.39 is 16.1 Å². The van der Waals surface area contributed by atoms with Crippen LogP contribution in [-0.2, 0) is 40.8 Å². The van der Waals surface area contributed by atoms with Crippen molar-refractivity contribution in [3.05, 3.63) is 88.4 Å². The Morgan fingerprint density at radius 1 is 0.954 bits per heavy atom. The lowest BCUT2D eigenvalue weighted by Crippen LogP contribution is -2.64. The van der Waals surface area contributed by atoms with Crippen molar-refractivity contribution in [1.82, 2.24) is 30.4 Å². The maximum absolute atomic E-state index is 14.1. The number of anilines is 2. The molecule has 1 aliphatic heterocycles. The Balaban J connectivity index is 0.944. The van der Waals surface area contributed by atoms with Gasteiger partial charge in [-0.05, 0) is 142 Å². The van der Waals surface area contributed by atoms with Crippen LogP contribution in [0.5, 0.6) is 0 Å². The Kier molecular flexibility index (Phi) is 12.2. The Bertz CT molecular complexity index is 2700. The Hall–Kier alpha value is -4.78. The smallest absolute Gasteiger partial charge is 0.355 e. The highest BCUT2D eigenvalue weighted by Crippen LogP contribution is 2.72. The van der Waals surface area contributed by atoms with Crippen molar-refractivity contribution in [2.75, 3.05) is 55.8 Å². The quantitative estimate of drug-likeness (QED) is 0.0439. The number of benzene rings is 2. The summed E-state index contributed by atoms with van der Waals surface area (Å²) < 4.78 is 41.2. The van der Waals surface area contributed by atoms with Crippen molar-refractivity contribution in [2.45, 2.75) is 97.2 Å². The van der Waals surface area contributed by atoms with Crippen LogP contribution in [0.25, 0.3) is 21.3 Å². The highest BCUT2D eigenvalue weighted by molar-refractivity contribution is 7.85. The van der Waals surface area contributed by atoms with E-state index >= 15 is 0 Å². The molecule has 4 saturated carbocycles. The van der Waals surface area contributed by atoms with E-state index in [9.17, 15) is 23.1 Å². The summed E-state index contributed by atoms with van der Waals surface area (Å²) in [6, 6.07) is 15.8. The van der Waals surface area contributed by atoms with E-state index in [0.29, 0.717) is 61.3 Å². The van der Waals surface area contributed by atoms with Crippen molar-refractivity contribution in [2.24, 2.45) is 16.2 Å². The zero-order valence-corrected chi connectivity index (χ0v) is 39.3. The van der Waals surface area contributed by atoms with Gasteiger partial charge in [0.25, 0.3) is 16.0 Å². The number of amides is 1. The molecule has 2 unspecified atom stereocenters. The van der Waals surface area contributed by atoms with Crippen LogP contribution in [0.1, 0.15) is 102 Å². The normalized spacial score (nSPS) is 24.7. The standard InChI is InChI=1S/C48H60N8O7S2/c1-31-36(22-51-56(31)30-47-25-45(2)24-46(3,26-47)28-48(27-45,29-47)63-18-15-50-16-19-65(60,61)62)34-11-12-40(53-41(34)43(58)59)55-17-13-33-20-32(8-7-14-49-4)21-35(37(33)23-55)42(57)54-44-52-38-9-5-6-10-39(38)64-44/h5-6,9-12,20-22,49-50H,7-8,13-19,23-30H2,1-4H3,(H,58,59)(H,52,54,57)(H,60,61,62). The van der Waals surface area contributed by atoms with Gasteiger partial charge in [0.2, 0.25) is 0 Å². The first kappa shape index (κ1) is 45.4. The van der Waals surface area contributed by atoms with Gasteiger partial charge in [0.1, 0.15) is 5.82 Å². The molecule has 4 bridgehead atoms. The summed E-state index contributed by atoms with van der Waals surface area (Å²) >= 11 is 1.44. The SMILES string of the molecule is CNCCCc1cc2c(c(C(=O)Nc3nc4ccccc4s3)c1)CN(c1ccc(-c3cnn(CC45CC6(C)CC(C)(C4)CC(OCCNCCS(=O)(=O)O)(C6)C5)c3C)c(C(=O)O)n1)CC2. The minimum atomic E-state index is -4.02. The first-order chi connectivity index (χ1) is 31.0. The van der Waals surface area contributed by atoms with Crippen LogP contribution < -0.4 is 20.9 Å². The van der Waals surface area contributed by atoms with E-state index in [1.807, 2.05) is 56.4 Å². The van der Waals surface area contributed by atoms with Gasteiger partial charge in [0, 0.05) is 55.1 Å². The number of rotatable bonds is 18. The fraction of sp³-hybridized carbons (Fsp3) is 0.521. The lowest BCUT2D eigenvalue weighted by molar-refractivity contribution is -0.247. The molecule has 2 atom stereocenters. The number of nitrogens with one attached hydrogen (secondary N) is 3. The predicted molar refractivity (Wildman–Crippen MR) is 252 cm³/mol. The molecule has 346 valence electrons. The second-order valence-electron chi connectivity index (χ2n) is 20.0.